The predicted octanol–water partition coefficient (Wildman–Crippen LogP) is 0.311. The molecule has 0 saturated carbocycles. The van der Waals surface area contributed by atoms with E-state index in [1.54, 1.807) is 0 Å². The van der Waals surface area contributed by atoms with Crippen molar-refractivity contribution in [2.45, 2.75) is 12.4 Å². The van der Waals surface area contributed by atoms with Crippen LogP contribution in [0.5, 0.6) is 5.75 Å². The molecule has 1 aliphatic rings. The van der Waals surface area contributed by atoms with Crippen molar-refractivity contribution < 1.29 is 14.6 Å². The van der Waals surface area contributed by atoms with E-state index in [2.05, 4.69) is 17.9 Å². The van der Waals surface area contributed by atoms with Crippen LogP contribution in [-0.2, 0) is 4.79 Å². The number of nitrogens with zero attached hydrogens (tertiary/aromatic N) is 1. The SMILES string of the molecule is Cc1ccc(OCCO)c(C2=CC(=O)NC(S)N2CCN)c1. The smallest absolute Gasteiger partial charge is 0.248 e. The quantitative estimate of drug-likeness (QED) is 0.566. The highest BCUT2D eigenvalue weighted by Crippen LogP contribution is 2.32. The number of aliphatic hydroxyl groups excluding tert-OH is 1. The van der Waals surface area contributed by atoms with E-state index in [0.717, 1.165) is 11.1 Å². The van der Waals surface area contributed by atoms with Gasteiger partial charge in [0.25, 0.3) is 0 Å². The van der Waals surface area contributed by atoms with Crippen molar-refractivity contribution in [3.8, 4) is 5.75 Å². The van der Waals surface area contributed by atoms with Crippen molar-refractivity contribution in [1.29, 1.82) is 0 Å². The number of hydrogen-bond donors (Lipinski definition) is 4. The molecular weight excluding hydrogens is 302 g/mol. The minimum atomic E-state index is -0.442. The van der Waals surface area contributed by atoms with E-state index in [1.807, 2.05) is 30.0 Å². The number of nitrogens with two attached hydrogens (primary N) is 1. The molecule has 22 heavy (non-hydrogen) atoms. The third-order valence-corrected chi connectivity index (χ3v) is 3.68. The molecule has 0 bridgehead atoms. The lowest BCUT2D eigenvalue weighted by atomic mass is 10.0. The van der Waals surface area contributed by atoms with Crippen LogP contribution in [0.25, 0.3) is 5.70 Å². The summed E-state index contributed by atoms with van der Waals surface area (Å²) in [5, 5.41) is 11.7. The Morgan fingerprint density at radius 2 is 2.27 bits per heavy atom. The van der Waals surface area contributed by atoms with Crippen LogP contribution in [0, 0.1) is 6.92 Å². The number of nitrogens with one attached hydrogen (secondary N) is 1. The Morgan fingerprint density at radius 1 is 1.50 bits per heavy atom. The van der Waals surface area contributed by atoms with Crippen LogP contribution >= 0.6 is 12.6 Å². The monoisotopic (exact) mass is 323 g/mol. The molecule has 1 aromatic carbocycles. The lowest BCUT2D eigenvalue weighted by Crippen LogP contribution is -2.48. The normalized spacial score (nSPS) is 18.0. The molecule has 7 heteroatoms. The standard InChI is InChI=1S/C15H21N3O3S/c1-10-2-3-13(21-7-6-19)11(8-10)12-9-14(20)17-15(22)18(12)5-4-16/h2-3,8-9,15,19,22H,4-7,16H2,1H3,(H,17,20). The Bertz CT molecular complexity index is 577. The fourth-order valence-corrected chi connectivity index (χ4v) is 2.69. The first-order valence-corrected chi connectivity index (χ1v) is 7.60. The van der Waals surface area contributed by atoms with Gasteiger partial charge in [0.2, 0.25) is 5.91 Å². The Hall–Kier alpha value is -1.70. The molecule has 0 spiro atoms. The van der Waals surface area contributed by atoms with Crippen LogP contribution in [0.1, 0.15) is 11.1 Å². The van der Waals surface area contributed by atoms with E-state index in [9.17, 15) is 4.79 Å². The molecular formula is C15H21N3O3S. The number of ether oxygens (including phenoxy) is 1. The lowest BCUT2D eigenvalue weighted by molar-refractivity contribution is -0.117. The number of hydrogen-bond acceptors (Lipinski definition) is 6. The molecule has 1 aliphatic heterocycles. The van der Waals surface area contributed by atoms with Crippen LogP contribution in [0.2, 0.25) is 0 Å². The summed E-state index contributed by atoms with van der Waals surface area (Å²) in [6.07, 6.45) is 1.52. The molecule has 0 radical (unpaired) electrons. The summed E-state index contributed by atoms with van der Waals surface area (Å²) in [7, 11) is 0. The Balaban J connectivity index is 2.46. The van der Waals surface area contributed by atoms with E-state index in [0.29, 0.717) is 24.5 Å². The maximum atomic E-state index is 11.8. The molecule has 0 saturated heterocycles. The van der Waals surface area contributed by atoms with Gasteiger partial charge in [-0.3, -0.25) is 4.79 Å². The zero-order valence-corrected chi connectivity index (χ0v) is 13.3. The maximum absolute atomic E-state index is 11.8. The van der Waals surface area contributed by atoms with Gasteiger partial charge in [0.15, 0.2) is 0 Å². The van der Waals surface area contributed by atoms with Gasteiger partial charge in [-0.1, -0.05) is 11.6 Å². The molecule has 120 valence electrons. The average Bonchev–Trinajstić information content (AvgIpc) is 2.48. The fraction of sp³-hybridized carbons (Fsp3) is 0.400. The highest BCUT2D eigenvalue weighted by molar-refractivity contribution is 7.80. The molecule has 4 N–H and O–H groups in total. The van der Waals surface area contributed by atoms with Gasteiger partial charge in [0.1, 0.15) is 17.9 Å². The summed E-state index contributed by atoms with van der Waals surface area (Å²) in [5.41, 5.74) is 7.77. The number of amides is 1. The minimum Gasteiger partial charge on any atom is -0.490 e. The third kappa shape index (κ3) is 3.73. The molecule has 0 aliphatic carbocycles. The molecule has 1 amide bonds. The highest BCUT2D eigenvalue weighted by Gasteiger charge is 2.27. The van der Waals surface area contributed by atoms with Gasteiger partial charge in [-0.05, 0) is 19.1 Å². The van der Waals surface area contributed by atoms with Gasteiger partial charge in [-0.25, -0.2) is 0 Å². The summed E-state index contributed by atoms with van der Waals surface area (Å²) in [4.78, 5) is 13.7. The first-order valence-electron chi connectivity index (χ1n) is 7.08. The Kier molecular flexibility index (Phi) is 5.70. The second-order valence-corrected chi connectivity index (χ2v) is 5.45. The zero-order valence-electron chi connectivity index (χ0n) is 12.5. The van der Waals surface area contributed by atoms with Gasteiger partial charge in [-0.2, -0.15) is 0 Å². The molecule has 1 unspecified atom stereocenters. The first-order chi connectivity index (χ1) is 10.6. The zero-order chi connectivity index (χ0) is 16.1. The lowest BCUT2D eigenvalue weighted by Gasteiger charge is -2.36. The molecule has 1 aromatic rings. The summed E-state index contributed by atoms with van der Waals surface area (Å²) >= 11 is 4.41. The number of benzene rings is 1. The predicted molar refractivity (Wildman–Crippen MR) is 88.4 cm³/mol. The molecule has 1 atom stereocenters. The molecule has 0 aromatic heterocycles. The van der Waals surface area contributed by atoms with Crippen LogP contribution < -0.4 is 15.8 Å². The largest absolute Gasteiger partial charge is 0.490 e. The van der Waals surface area contributed by atoms with Crippen molar-refractivity contribution >= 4 is 24.2 Å². The van der Waals surface area contributed by atoms with Crippen LogP contribution in [0.3, 0.4) is 0 Å². The second kappa shape index (κ2) is 7.53. The summed E-state index contributed by atoms with van der Waals surface area (Å²) in [6.45, 7) is 3.07. The third-order valence-electron chi connectivity index (χ3n) is 3.27. The summed E-state index contributed by atoms with van der Waals surface area (Å²) < 4.78 is 5.59. The van der Waals surface area contributed by atoms with Crippen LogP contribution in [0.4, 0.5) is 0 Å². The van der Waals surface area contributed by atoms with E-state index >= 15 is 0 Å². The average molecular weight is 323 g/mol. The number of carbonyl (C=O) groups is 1. The number of rotatable bonds is 6. The Labute approximate surface area is 135 Å². The maximum Gasteiger partial charge on any atom is 0.248 e. The van der Waals surface area contributed by atoms with E-state index < -0.39 is 5.50 Å². The highest BCUT2D eigenvalue weighted by atomic mass is 32.1. The number of aryl methyl sites for hydroxylation is 1. The second-order valence-electron chi connectivity index (χ2n) is 4.97. The molecule has 0 fully saturated rings. The van der Waals surface area contributed by atoms with Crippen molar-refractivity contribution in [1.82, 2.24) is 10.2 Å². The first kappa shape index (κ1) is 16.7. The van der Waals surface area contributed by atoms with Gasteiger partial charge in [0.05, 0.1) is 12.3 Å². The number of aliphatic hydroxyl groups is 1. The number of carbonyl (C=O) groups excluding carboxylic acids is 1. The van der Waals surface area contributed by atoms with Gasteiger partial charge < -0.3 is 25.8 Å². The van der Waals surface area contributed by atoms with Crippen molar-refractivity contribution in [3.05, 3.63) is 35.4 Å². The fourth-order valence-electron chi connectivity index (χ4n) is 2.33. The molecule has 2 rings (SSSR count). The van der Waals surface area contributed by atoms with Crippen molar-refractivity contribution in [2.75, 3.05) is 26.3 Å². The van der Waals surface area contributed by atoms with E-state index in [4.69, 9.17) is 15.6 Å². The topological polar surface area (TPSA) is 87.8 Å². The van der Waals surface area contributed by atoms with E-state index in [1.165, 1.54) is 6.08 Å². The van der Waals surface area contributed by atoms with Gasteiger partial charge in [0, 0.05) is 24.7 Å². The minimum absolute atomic E-state index is 0.0748. The van der Waals surface area contributed by atoms with Crippen LogP contribution in [0.15, 0.2) is 24.3 Å². The summed E-state index contributed by atoms with van der Waals surface area (Å²) in [6, 6.07) is 5.70. The number of thiol groups is 1. The molecule has 1 heterocycles. The van der Waals surface area contributed by atoms with Gasteiger partial charge >= 0.3 is 0 Å². The van der Waals surface area contributed by atoms with Crippen molar-refractivity contribution in [2.24, 2.45) is 5.73 Å². The van der Waals surface area contributed by atoms with Crippen LogP contribution in [-0.4, -0.2) is 47.7 Å². The molecule has 6 nitrogen and oxygen atoms in total. The Morgan fingerprint density at radius 3 is 2.95 bits per heavy atom. The van der Waals surface area contributed by atoms with E-state index in [-0.39, 0.29) is 19.1 Å². The summed E-state index contributed by atoms with van der Waals surface area (Å²) in [5.74, 6) is 0.404. The van der Waals surface area contributed by atoms with Gasteiger partial charge in [-0.15, -0.1) is 12.6 Å². The van der Waals surface area contributed by atoms with Crippen molar-refractivity contribution in [3.63, 3.8) is 0 Å².